The molecule has 0 spiro atoms. The van der Waals surface area contributed by atoms with Crippen LogP contribution in [0.4, 0.5) is 5.69 Å². The molecule has 0 aliphatic heterocycles. The fourth-order valence-electron chi connectivity index (χ4n) is 1.80. The summed E-state index contributed by atoms with van der Waals surface area (Å²) in [5.74, 6) is -0.356. The van der Waals surface area contributed by atoms with E-state index >= 15 is 0 Å². The second kappa shape index (κ2) is 4.41. The number of aryl methyl sites for hydroxylation is 1. The number of hydrogen-bond acceptors (Lipinski definition) is 4. The van der Waals surface area contributed by atoms with Crippen LogP contribution in [0.3, 0.4) is 0 Å². The molecule has 0 saturated heterocycles. The first-order valence-electron chi connectivity index (χ1n) is 5.67. The van der Waals surface area contributed by atoms with Crippen molar-refractivity contribution in [1.82, 2.24) is 9.88 Å². The van der Waals surface area contributed by atoms with Crippen LogP contribution in [0.5, 0.6) is 0 Å². The van der Waals surface area contributed by atoms with Crippen molar-refractivity contribution in [1.29, 1.82) is 0 Å². The molecule has 2 rings (SSSR count). The van der Waals surface area contributed by atoms with Crippen molar-refractivity contribution in [3.05, 3.63) is 28.1 Å². The molecular weight excluding hydrogens is 238 g/mol. The van der Waals surface area contributed by atoms with Gasteiger partial charge in [-0.15, -0.1) is 0 Å². The minimum absolute atomic E-state index is 0.0561. The van der Waals surface area contributed by atoms with Crippen molar-refractivity contribution in [3.8, 4) is 0 Å². The van der Waals surface area contributed by atoms with Crippen molar-refractivity contribution < 1.29 is 14.8 Å². The van der Waals surface area contributed by atoms with Gasteiger partial charge in [0.1, 0.15) is 5.69 Å². The normalized spacial score (nSPS) is 16.3. The third-order valence-electron chi connectivity index (χ3n) is 3.35. The van der Waals surface area contributed by atoms with E-state index in [-0.39, 0.29) is 29.3 Å². The molecule has 1 amide bonds. The zero-order chi connectivity index (χ0) is 13.3. The lowest BCUT2D eigenvalue weighted by Gasteiger charge is -2.12. The third-order valence-corrected chi connectivity index (χ3v) is 3.35. The molecule has 7 heteroatoms. The first-order chi connectivity index (χ1) is 8.47. The Hall–Kier alpha value is -1.89. The summed E-state index contributed by atoms with van der Waals surface area (Å²) in [5.41, 5.74) is -0.0337. The van der Waals surface area contributed by atoms with Crippen molar-refractivity contribution in [2.75, 3.05) is 13.2 Å². The minimum Gasteiger partial charge on any atom is -0.396 e. The maximum absolute atomic E-state index is 11.9. The smallest absolute Gasteiger partial charge is 0.287 e. The van der Waals surface area contributed by atoms with Crippen molar-refractivity contribution >= 4 is 11.6 Å². The fourth-order valence-corrected chi connectivity index (χ4v) is 1.80. The average molecular weight is 253 g/mol. The van der Waals surface area contributed by atoms with Gasteiger partial charge in [-0.1, -0.05) is 0 Å². The first-order valence-corrected chi connectivity index (χ1v) is 5.67. The molecule has 0 atom stereocenters. The molecule has 1 fully saturated rings. The zero-order valence-electron chi connectivity index (χ0n) is 10.0. The van der Waals surface area contributed by atoms with E-state index in [1.807, 2.05) is 0 Å². The number of aliphatic hydroxyl groups is 1. The number of aromatic nitrogens is 1. The van der Waals surface area contributed by atoms with Gasteiger partial charge in [-0.05, 0) is 12.8 Å². The van der Waals surface area contributed by atoms with Gasteiger partial charge < -0.3 is 15.0 Å². The van der Waals surface area contributed by atoms with E-state index in [0.717, 1.165) is 12.8 Å². The molecule has 0 aromatic carbocycles. The number of carbonyl (C=O) groups is 1. The molecular formula is C11H15N3O4. The highest BCUT2D eigenvalue weighted by atomic mass is 16.6. The van der Waals surface area contributed by atoms with Gasteiger partial charge in [0.05, 0.1) is 17.7 Å². The molecule has 1 saturated carbocycles. The molecule has 1 aromatic heterocycles. The molecule has 1 aromatic rings. The molecule has 2 N–H and O–H groups in total. The SMILES string of the molecule is Cn1cc([N+](=O)[O-])cc1C(=O)NCC1(CO)CC1. The third kappa shape index (κ3) is 2.35. The number of rotatable bonds is 5. The van der Waals surface area contributed by atoms with Crippen LogP contribution in [-0.4, -0.2) is 33.7 Å². The highest BCUT2D eigenvalue weighted by molar-refractivity contribution is 5.93. The van der Waals surface area contributed by atoms with Gasteiger partial charge in [0.2, 0.25) is 0 Å². The Bertz CT molecular complexity index is 490. The van der Waals surface area contributed by atoms with Gasteiger partial charge in [0, 0.05) is 25.1 Å². The molecule has 0 bridgehead atoms. The Kier molecular flexibility index (Phi) is 3.08. The Morgan fingerprint density at radius 1 is 1.67 bits per heavy atom. The van der Waals surface area contributed by atoms with E-state index in [1.54, 1.807) is 7.05 Å². The molecule has 1 aliphatic rings. The van der Waals surface area contributed by atoms with Crippen molar-refractivity contribution in [3.63, 3.8) is 0 Å². The lowest BCUT2D eigenvalue weighted by atomic mass is 10.1. The van der Waals surface area contributed by atoms with Crippen LogP contribution in [0, 0.1) is 15.5 Å². The fraction of sp³-hybridized carbons (Fsp3) is 0.545. The Labute approximate surface area is 104 Å². The maximum Gasteiger partial charge on any atom is 0.287 e. The van der Waals surface area contributed by atoms with Gasteiger partial charge in [0.15, 0.2) is 0 Å². The summed E-state index contributed by atoms with van der Waals surface area (Å²) in [6.45, 7) is 0.460. The summed E-state index contributed by atoms with van der Waals surface area (Å²) in [6.07, 6.45) is 3.10. The summed E-state index contributed by atoms with van der Waals surface area (Å²) in [5, 5.41) is 22.4. The van der Waals surface area contributed by atoms with Gasteiger partial charge in [0.25, 0.3) is 11.6 Å². The molecule has 0 radical (unpaired) electrons. The van der Waals surface area contributed by atoms with Crippen LogP contribution in [0.15, 0.2) is 12.3 Å². The van der Waals surface area contributed by atoms with E-state index in [2.05, 4.69) is 5.32 Å². The quantitative estimate of drug-likeness (QED) is 0.587. The van der Waals surface area contributed by atoms with Gasteiger partial charge in [-0.2, -0.15) is 0 Å². The molecule has 0 unspecified atom stereocenters. The number of carbonyl (C=O) groups excluding carboxylic acids is 1. The summed E-state index contributed by atoms with van der Waals surface area (Å²) < 4.78 is 1.42. The summed E-state index contributed by atoms with van der Waals surface area (Å²) >= 11 is 0. The number of aliphatic hydroxyl groups excluding tert-OH is 1. The minimum atomic E-state index is -0.535. The second-order valence-corrected chi connectivity index (χ2v) is 4.79. The van der Waals surface area contributed by atoms with Crippen LogP contribution < -0.4 is 5.32 Å². The highest BCUT2D eigenvalue weighted by Crippen LogP contribution is 2.44. The summed E-state index contributed by atoms with van der Waals surface area (Å²) in [7, 11) is 1.58. The lowest BCUT2D eigenvalue weighted by molar-refractivity contribution is -0.384. The topological polar surface area (TPSA) is 97.4 Å². The van der Waals surface area contributed by atoms with Crippen LogP contribution in [-0.2, 0) is 7.05 Å². The Morgan fingerprint density at radius 2 is 2.33 bits per heavy atom. The lowest BCUT2D eigenvalue weighted by Crippen LogP contribution is -2.32. The number of hydrogen-bond donors (Lipinski definition) is 2. The molecule has 98 valence electrons. The van der Waals surface area contributed by atoms with Crippen LogP contribution >= 0.6 is 0 Å². The maximum atomic E-state index is 11.9. The van der Waals surface area contributed by atoms with Crippen LogP contribution in [0.2, 0.25) is 0 Å². The van der Waals surface area contributed by atoms with E-state index in [4.69, 9.17) is 5.11 Å². The molecule has 1 heterocycles. The standard InChI is InChI=1S/C11H15N3O4/c1-13-5-8(14(17)18)4-9(13)10(16)12-6-11(7-15)2-3-11/h4-5,15H,2-3,6-7H2,1H3,(H,12,16). The highest BCUT2D eigenvalue weighted by Gasteiger charge is 2.42. The van der Waals surface area contributed by atoms with Crippen molar-refractivity contribution in [2.45, 2.75) is 12.8 Å². The Morgan fingerprint density at radius 3 is 2.78 bits per heavy atom. The van der Waals surface area contributed by atoms with Gasteiger partial charge in [-0.3, -0.25) is 14.9 Å². The molecule has 18 heavy (non-hydrogen) atoms. The summed E-state index contributed by atoms with van der Waals surface area (Å²) in [4.78, 5) is 21.9. The monoisotopic (exact) mass is 253 g/mol. The van der Waals surface area contributed by atoms with Crippen LogP contribution in [0.1, 0.15) is 23.3 Å². The molecule has 1 aliphatic carbocycles. The number of nitro groups is 1. The summed E-state index contributed by atoms with van der Waals surface area (Å²) in [6, 6.07) is 1.24. The number of nitrogens with zero attached hydrogens (tertiary/aromatic N) is 2. The van der Waals surface area contributed by atoms with E-state index in [9.17, 15) is 14.9 Å². The van der Waals surface area contributed by atoms with Crippen LogP contribution in [0.25, 0.3) is 0 Å². The van der Waals surface area contributed by atoms with E-state index < -0.39 is 4.92 Å². The predicted octanol–water partition coefficient (Wildman–Crippen LogP) is 0.436. The number of nitrogens with one attached hydrogen (secondary N) is 1. The van der Waals surface area contributed by atoms with Crippen molar-refractivity contribution in [2.24, 2.45) is 12.5 Å². The predicted molar refractivity (Wildman–Crippen MR) is 63.2 cm³/mol. The van der Waals surface area contributed by atoms with E-state index in [1.165, 1.54) is 16.8 Å². The Balaban J connectivity index is 2.02. The molecule has 7 nitrogen and oxygen atoms in total. The van der Waals surface area contributed by atoms with Gasteiger partial charge >= 0.3 is 0 Å². The zero-order valence-corrected chi connectivity index (χ0v) is 10.0. The first kappa shape index (κ1) is 12.6. The largest absolute Gasteiger partial charge is 0.396 e. The second-order valence-electron chi connectivity index (χ2n) is 4.79. The number of amides is 1. The van der Waals surface area contributed by atoms with Gasteiger partial charge in [-0.25, -0.2) is 0 Å². The average Bonchev–Trinajstić information content (AvgIpc) is 3.02. The van der Waals surface area contributed by atoms with E-state index in [0.29, 0.717) is 6.54 Å².